The van der Waals surface area contributed by atoms with Crippen molar-refractivity contribution in [1.82, 2.24) is 0 Å². The van der Waals surface area contributed by atoms with Gasteiger partial charge in [0.1, 0.15) is 0 Å². The van der Waals surface area contributed by atoms with E-state index in [4.69, 9.17) is 0 Å². The lowest BCUT2D eigenvalue weighted by Gasteiger charge is -2.21. The fraction of sp³-hybridized carbons (Fsp3) is 0.0213. The number of aryl methyl sites for hydroxylation is 1. The van der Waals surface area contributed by atoms with Gasteiger partial charge in [0.25, 0.3) is 0 Å². The van der Waals surface area contributed by atoms with E-state index in [1.807, 2.05) is 0 Å². The summed E-state index contributed by atoms with van der Waals surface area (Å²) in [6.07, 6.45) is 0. The van der Waals surface area contributed by atoms with E-state index in [0.717, 1.165) is 0 Å². The molecule has 0 aliphatic heterocycles. The van der Waals surface area contributed by atoms with Gasteiger partial charge in [0, 0.05) is 0 Å². The minimum absolute atomic E-state index is 1.25. The first-order chi connectivity index (χ1) is 23.2. The molecule has 0 nitrogen and oxygen atoms in total. The normalized spacial score (nSPS) is 11.9. The monoisotopic (exact) mass is 594 g/mol. The molecule has 0 N–H and O–H groups in total. The predicted molar refractivity (Wildman–Crippen MR) is 202 cm³/mol. The zero-order valence-electron chi connectivity index (χ0n) is 26.1. The Bertz CT molecular complexity index is 2610. The van der Waals surface area contributed by atoms with Crippen LogP contribution in [0.4, 0.5) is 0 Å². The van der Waals surface area contributed by atoms with Crippen LogP contribution in [-0.2, 0) is 0 Å². The van der Waals surface area contributed by atoms with Crippen LogP contribution in [0, 0.1) is 6.92 Å². The molecule has 1 aliphatic carbocycles. The molecule has 0 spiro atoms. The van der Waals surface area contributed by atoms with E-state index in [2.05, 4.69) is 171 Å². The second kappa shape index (κ2) is 10.0. The average molecular weight is 595 g/mol. The van der Waals surface area contributed by atoms with E-state index in [1.54, 1.807) is 0 Å². The Morgan fingerprint density at radius 1 is 0.298 bits per heavy atom. The molecule has 0 heterocycles. The molecule has 9 aromatic rings. The molecule has 0 amide bonds. The van der Waals surface area contributed by atoms with Gasteiger partial charge in [0.05, 0.1) is 0 Å². The molecule has 0 bridgehead atoms. The van der Waals surface area contributed by atoms with Crippen molar-refractivity contribution in [3.05, 3.63) is 169 Å². The molecule has 0 fully saturated rings. The third-order valence-corrected chi connectivity index (χ3v) is 10.2. The first kappa shape index (κ1) is 26.3. The fourth-order valence-electron chi connectivity index (χ4n) is 8.15. The van der Waals surface area contributed by atoms with Crippen molar-refractivity contribution in [2.45, 2.75) is 6.92 Å². The Balaban J connectivity index is 1.38. The average Bonchev–Trinajstić information content (AvgIpc) is 3.45. The van der Waals surface area contributed by atoms with Crippen LogP contribution in [0.1, 0.15) is 5.56 Å². The van der Waals surface area contributed by atoms with Crippen LogP contribution in [0.2, 0.25) is 0 Å². The molecule has 0 radical (unpaired) electrons. The third-order valence-electron chi connectivity index (χ3n) is 10.2. The molecule has 0 atom stereocenters. The minimum atomic E-state index is 1.25. The molecule has 0 saturated carbocycles. The SMILES string of the molecule is Cc1cccc(-c2ccc3c4c(cccc24)-c2c-3c(-c3ccc4ccccc4c3)c3ccccc3c2-c2ccc3ccccc3c2)c1. The predicted octanol–water partition coefficient (Wildman–Crippen LogP) is 13.3. The molecule has 0 aromatic heterocycles. The van der Waals surface area contributed by atoms with Crippen molar-refractivity contribution in [1.29, 1.82) is 0 Å². The highest BCUT2D eigenvalue weighted by atomic mass is 14.3. The number of benzene rings is 9. The lowest BCUT2D eigenvalue weighted by Crippen LogP contribution is -1.94. The van der Waals surface area contributed by atoms with E-state index in [1.165, 1.54) is 104 Å². The molecule has 0 unspecified atom stereocenters. The Hall–Kier alpha value is -5.98. The molecule has 1 aliphatic rings. The molecule has 0 saturated heterocycles. The van der Waals surface area contributed by atoms with Crippen LogP contribution in [0.25, 0.3) is 98.7 Å². The number of fused-ring (bicyclic) bond motifs is 6. The van der Waals surface area contributed by atoms with Crippen molar-refractivity contribution >= 4 is 43.1 Å². The van der Waals surface area contributed by atoms with Crippen molar-refractivity contribution in [2.75, 3.05) is 0 Å². The summed E-state index contributed by atoms with van der Waals surface area (Å²) < 4.78 is 0. The second-order valence-corrected chi connectivity index (χ2v) is 12.9. The number of hydrogen-bond donors (Lipinski definition) is 0. The maximum atomic E-state index is 2.39. The summed E-state index contributed by atoms with van der Waals surface area (Å²) in [4.78, 5) is 0. The van der Waals surface area contributed by atoms with Crippen LogP contribution in [0.5, 0.6) is 0 Å². The first-order valence-electron chi connectivity index (χ1n) is 16.4. The van der Waals surface area contributed by atoms with Crippen molar-refractivity contribution < 1.29 is 0 Å². The van der Waals surface area contributed by atoms with Gasteiger partial charge in [-0.05, 0) is 118 Å². The Morgan fingerprint density at radius 3 is 1.43 bits per heavy atom. The van der Waals surface area contributed by atoms with Gasteiger partial charge < -0.3 is 0 Å². The highest BCUT2D eigenvalue weighted by Crippen LogP contribution is 2.58. The van der Waals surface area contributed by atoms with Gasteiger partial charge in [-0.25, -0.2) is 0 Å². The standard InChI is InChI=1S/C47H30/c1-29-10-8-15-34(26-29)37-24-25-42-45-38(37)18-9-19-41(45)46-43(35-22-20-30-11-2-4-13-32(30)27-35)39-16-6-7-17-40(39)44(47(42)46)36-23-21-31-12-3-5-14-33(31)28-36/h2-28H,1H3. The van der Waals surface area contributed by atoms with Crippen molar-refractivity contribution in [3.8, 4) is 55.6 Å². The molecule has 47 heavy (non-hydrogen) atoms. The Morgan fingerprint density at radius 2 is 0.809 bits per heavy atom. The second-order valence-electron chi connectivity index (χ2n) is 12.9. The summed E-state index contributed by atoms with van der Waals surface area (Å²) in [6, 6.07) is 61.0. The number of hydrogen-bond acceptors (Lipinski definition) is 0. The lowest BCUT2D eigenvalue weighted by molar-refractivity contribution is 1.47. The highest BCUT2D eigenvalue weighted by molar-refractivity contribution is 6.29. The van der Waals surface area contributed by atoms with Crippen LogP contribution >= 0.6 is 0 Å². The summed E-state index contributed by atoms with van der Waals surface area (Å²) in [6.45, 7) is 2.18. The van der Waals surface area contributed by atoms with E-state index in [9.17, 15) is 0 Å². The summed E-state index contributed by atoms with van der Waals surface area (Å²) >= 11 is 0. The zero-order chi connectivity index (χ0) is 31.1. The summed E-state index contributed by atoms with van der Waals surface area (Å²) in [5.41, 5.74) is 14.3. The van der Waals surface area contributed by atoms with Crippen LogP contribution < -0.4 is 0 Å². The van der Waals surface area contributed by atoms with Gasteiger partial charge in [-0.2, -0.15) is 0 Å². The molecular weight excluding hydrogens is 565 g/mol. The first-order valence-corrected chi connectivity index (χ1v) is 16.4. The van der Waals surface area contributed by atoms with Gasteiger partial charge in [-0.15, -0.1) is 0 Å². The van der Waals surface area contributed by atoms with E-state index in [-0.39, 0.29) is 0 Å². The maximum absolute atomic E-state index is 2.39. The number of rotatable bonds is 3. The molecular formula is C47H30. The van der Waals surface area contributed by atoms with Gasteiger partial charge in [0.15, 0.2) is 0 Å². The van der Waals surface area contributed by atoms with Crippen molar-refractivity contribution in [3.63, 3.8) is 0 Å². The zero-order valence-corrected chi connectivity index (χ0v) is 26.1. The molecule has 10 rings (SSSR count). The Labute approximate surface area is 274 Å². The van der Waals surface area contributed by atoms with Gasteiger partial charge >= 0.3 is 0 Å². The van der Waals surface area contributed by atoms with Crippen LogP contribution in [0.15, 0.2) is 164 Å². The third kappa shape index (κ3) is 3.89. The summed E-state index contributed by atoms with van der Waals surface area (Å²) in [5.74, 6) is 0. The van der Waals surface area contributed by atoms with Gasteiger partial charge in [-0.1, -0.05) is 157 Å². The lowest BCUT2D eigenvalue weighted by atomic mass is 9.82. The highest BCUT2D eigenvalue weighted by Gasteiger charge is 2.31. The molecule has 9 aromatic carbocycles. The minimum Gasteiger partial charge on any atom is -0.0616 e. The van der Waals surface area contributed by atoms with Crippen molar-refractivity contribution in [2.24, 2.45) is 0 Å². The molecule has 0 heteroatoms. The quantitative estimate of drug-likeness (QED) is 0.191. The van der Waals surface area contributed by atoms with Gasteiger partial charge in [-0.3, -0.25) is 0 Å². The summed E-state index contributed by atoms with van der Waals surface area (Å²) in [5, 5.41) is 10.3. The van der Waals surface area contributed by atoms with Gasteiger partial charge in [0.2, 0.25) is 0 Å². The van der Waals surface area contributed by atoms with E-state index >= 15 is 0 Å². The smallest absolute Gasteiger partial charge is 0.000741 e. The van der Waals surface area contributed by atoms with Crippen LogP contribution in [-0.4, -0.2) is 0 Å². The fourth-order valence-corrected chi connectivity index (χ4v) is 8.15. The topological polar surface area (TPSA) is 0 Å². The largest absolute Gasteiger partial charge is 0.0616 e. The molecule has 218 valence electrons. The van der Waals surface area contributed by atoms with Crippen LogP contribution in [0.3, 0.4) is 0 Å². The van der Waals surface area contributed by atoms with E-state index < -0.39 is 0 Å². The Kier molecular flexibility index (Phi) is 5.59. The summed E-state index contributed by atoms with van der Waals surface area (Å²) in [7, 11) is 0. The maximum Gasteiger partial charge on any atom is -0.000741 e. The van der Waals surface area contributed by atoms with E-state index in [0.29, 0.717) is 0 Å².